The highest BCUT2D eigenvalue weighted by Gasteiger charge is 2.18. The summed E-state index contributed by atoms with van der Waals surface area (Å²) in [5, 5.41) is 4.41. The predicted molar refractivity (Wildman–Crippen MR) is 120 cm³/mol. The van der Waals surface area contributed by atoms with Crippen molar-refractivity contribution in [3.63, 3.8) is 0 Å². The van der Waals surface area contributed by atoms with Crippen molar-refractivity contribution in [2.45, 2.75) is 13.5 Å². The largest absolute Gasteiger partial charge is 0.297 e. The zero-order chi connectivity index (χ0) is 20.5. The van der Waals surface area contributed by atoms with Crippen LogP contribution in [-0.2, 0) is 11.3 Å². The van der Waals surface area contributed by atoms with Gasteiger partial charge in [-0.25, -0.2) is 5.43 Å². The molecular formula is C23H27ClN4O. The molecule has 0 saturated carbocycles. The first-order valence-electron chi connectivity index (χ1n) is 9.83. The number of amides is 1. The summed E-state index contributed by atoms with van der Waals surface area (Å²) in [5.74, 6) is -0.127. The van der Waals surface area contributed by atoms with E-state index in [9.17, 15) is 4.79 Å². The molecule has 1 N–H and O–H groups in total. The summed E-state index contributed by atoms with van der Waals surface area (Å²) < 4.78 is 0. The number of allylic oxidation sites excluding steroid dienone is 1. The van der Waals surface area contributed by atoms with E-state index in [0.717, 1.165) is 38.3 Å². The first kappa shape index (κ1) is 21.2. The molecule has 152 valence electrons. The normalized spacial score (nSPS) is 16.3. The molecule has 0 bridgehead atoms. The Morgan fingerprint density at radius 2 is 1.69 bits per heavy atom. The molecule has 0 aromatic heterocycles. The van der Waals surface area contributed by atoms with Gasteiger partial charge in [0.1, 0.15) is 0 Å². The average molecular weight is 411 g/mol. The summed E-state index contributed by atoms with van der Waals surface area (Å²) in [4.78, 5) is 16.7. The third-order valence-corrected chi connectivity index (χ3v) is 5.05. The second kappa shape index (κ2) is 10.9. The number of nitrogens with one attached hydrogen (secondary N) is 1. The minimum Gasteiger partial charge on any atom is -0.297 e. The molecule has 3 rings (SSSR count). The summed E-state index contributed by atoms with van der Waals surface area (Å²) in [6, 6.07) is 18.4. The molecule has 29 heavy (non-hydrogen) atoms. The second-order valence-corrected chi connectivity index (χ2v) is 7.71. The van der Waals surface area contributed by atoms with E-state index < -0.39 is 0 Å². The molecule has 1 fully saturated rings. The van der Waals surface area contributed by atoms with Crippen molar-refractivity contribution < 1.29 is 4.79 Å². The van der Waals surface area contributed by atoms with Gasteiger partial charge in [-0.05, 0) is 24.1 Å². The fourth-order valence-corrected chi connectivity index (χ4v) is 3.38. The van der Waals surface area contributed by atoms with Crippen LogP contribution in [0.2, 0.25) is 0 Å². The van der Waals surface area contributed by atoms with Gasteiger partial charge in [-0.2, -0.15) is 5.10 Å². The lowest BCUT2D eigenvalue weighted by Crippen LogP contribution is -2.48. The van der Waals surface area contributed by atoms with Crippen LogP contribution in [0, 0.1) is 6.92 Å². The molecule has 0 atom stereocenters. The number of carbonyl (C=O) groups excluding carboxylic acids is 1. The predicted octanol–water partition coefficient (Wildman–Crippen LogP) is 3.49. The Balaban J connectivity index is 1.37. The summed E-state index contributed by atoms with van der Waals surface area (Å²) in [6.45, 7) is 7.05. The minimum atomic E-state index is -0.127. The van der Waals surface area contributed by atoms with Crippen LogP contribution in [0.4, 0.5) is 0 Å². The zero-order valence-corrected chi connectivity index (χ0v) is 17.5. The molecule has 1 amide bonds. The van der Waals surface area contributed by atoms with Crippen molar-refractivity contribution >= 4 is 29.8 Å². The van der Waals surface area contributed by atoms with Crippen molar-refractivity contribution in [1.82, 2.24) is 15.2 Å². The van der Waals surface area contributed by atoms with Crippen molar-refractivity contribution in [3.8, 4) is 0 Å². The lowest BCUT2D eigenvalue weighted by molar-refractivity contribution is -0.122. The van der Waals surface area contributed by atoms with E-state index in [1.54, 1.807) is 6.08 Å². The van der Waals surface area contributed by atoms with Crippen molar-refractivity contribution in [3.05, 3.63) is 76.3 Å². The number of nitrogens with zero attached hydrogens (tertiary/aromatic N) is 3. The molecule has 1 heterocycles. The van der Waals surface area contributed by atoms with Gasteiger partial charge in [0.2, 0.25) is 0 Å². The van der Waals surface area contributed by atoms with Gasteiger partial charge in [0.25, 0.3) is 5.91 Å². The number of rotatable bonds is 7. The standard InChI is InChI=1S/C23H27ClN4O/c1-19-7-9-21(10-8-19)17-27-11-13-28(14-12-27)18-23(29)26-25-16-22(24)15-20-5-3-2-4-6-20/h2-10,15-16H,11-14,17-18H2,1H3,(H,26,29)/b22-15-,25-16-. The second-order valence-electron chi connectivity index (χ2n) is 7.27. The van der Waals surface area contributed by atoms with Crippen LogP contribution in [0.1, 0.15) is 16.7 Å². The first-order chi connectivity index (χ1) is 14.1. The maximum atomic E-state index is 12.1. The quantitative estimate of drug-likeness (QED) is 0.561. The zero-order valence-electron chi connectivity index (χ0n) is 16.7. The van der Waals surface area contributed by atoms with Gasteiger partial charge in [-0.1, -0.05) is 71.8 Å². The number of hydrazone groups is 1. The molecule has 0 aliphatic carbocycles. The lowest BCUT2D eigenvalue weighted by Gasteiger charge is -2.34. The molecule has 1 aliphatic heterocycles. The minimum absolute atomic E-state index is 0.127. The lowest BCUT2D eigenvalue weighted by atomic mass is 10.1. The Morgan fingerprint density at radius 1 is 1.03 bits per heavy atom. The van der Waals surface area contributed by atoms with Gasteiger partial charge in [-0.3, -0.25) is 14.6 Å². The van der Waals surface area contributed by atoms with Gasteiger partial charge in [0.15, 0.2) is 0 Å². The van der Waals surface area contributed by atoms with E-state index in [0.29, 0.717) is 11.6 Å². The molecule has 6 heteroatoms. The molecule has 1 saturated heterocycles. The number of hydrogen-bond donors (Lipinski definition) is 1. The Morgan fingerprint density at radius 3 is 2.38 bits per heavy atom. The topological polar surface area (TPSA) is 47.9 Å². The molecule has 1 aliphatic rings. The van der Waals surface area contributed by atoms with Crippen LogP contribution in [0.5, 0.6) is 0 Å². The third-order valence-electron chi connectivity index (χ3n) is 4.84. The van der Waals surface area contributed by atoms with E-state index in [1.165, 1.54) is 17.3 Å². The third kappa shape index (κ3) is 7.46. The molecule has 2 aromatic carbocycles. The maximum absolute atomic E-state index is 12.1. The van der Waals surface area contributed by atoms with Crippen molar-refractivity contribution in [1.29, 1.82) is 0 Å². The van der Waals surface area contributed by atoms with E-state index in [1.807, 2.05) is 30.3 Å². The molecule has 0 unspecified atom stereocenters. The maximum Gasteiger partial charge on any atom is 0.254 e. The Kier molecular flexibility index (Phi) is 7.99. The van der Waals surface area contributed by atoms with E-state index in [4.69, 9.17) is 11.6 Å². The van der Waals surface area contributed by atoms with Gasteiger partial charge >= 0.3 is 0 Å². The molecule has 5 nitrogen and oxygen atoms in total. The van der Waals surface area contributed by atoms with E-state index in [-0.39, 0.29) is 5.91 Å². The summed E-state index contributed by atoms with van der Waals surface area (Å²) in [5.41, 5.74) is 6.15. The number of hydrogen-bond acceptors (Lipinski definition) is 4. The highest BCUT2D eigenvalue weighted by Crippen LogP contribution is 2.10. The summed E-state index contributed by atoms with van der Waals surface area (Å²) in [6.07, 6.45) is 3.25. The van der Waals surface area contributed by atoms with Gasteiger partial charge in [0, 0.05) is 32.7 Å². The Labute approximate surface area is 177 Å². The van der Waals surface area contributed by atoms with Crippen LogP contribution >= 0.6 is 11.6 Å². The molecule has 0 radical (unpaired) electrons. The van der Waals surface area contributed by atoms with Crippen LogP contribution in [0.3, 0.4) is 0 Å². The molecular weight excluding hydrogens is 384 g/mol. The fraction of sp³-hybridized carbons (Fsp3) is 0.304. The van der Waals surface area contributed by atoms with Crippen LogP contribution in [-0.4, -0.2) is 54.6 Å². The molecule has 2 aromatic rings. The fourth-order valence-electron chi connectivity index (χ4n) is 3.21. The van der Waals surface area contributed by atoms with Crippen molar-refractivity contribution in [2.75, 3.05) is 32.7 Å². The number of aryl methyl sites for hydroxylation is 1. The van der Waals surface area contributed by atoms with Crippen LogP contribution in [0.15, 0.2) is 64.7 Å². The SMILES string of the molecule is Cc1ccc(CN2CCN(CC(=O)N/N=C\C(Cl)=C\c3ccccc3)CC2)cc1. The van der Waals surface area contributed by atoms with E-state index >= 15 is 0 Å². The summed E-state index contributed by atoms with van der Waals surface area (Å²) >= 11 is 6.13. The Bertz CT molecular complexity index is 841. The van der Waals surface area contributed by atoms with Crippen LogP contribution in [0.25, 0.3) is 6.08 Å². The number of carbonyl (C=O) groups is 1. The highest BCUT2D eigenvalue weighted by atomic mass is 35.5. The van der Waals surface area contributed by atoms with Crippen LogP contribution < -0.4 is 5.43 Å². The smallest absolute Gasteiger partial charge is 0.254 e. The Hall–Kier alpha value is -2.47. The number of piperazine rings is 1. The van der Waals surface area contributed by atoms with Gasteiger partial charge < -0.3 is 0 Å². The number of halogens is 1. The monoisotopic (exact) mass is 410 g/mol. The first-order valence-corrected chi connectivity index (χ1v) is 10.2. The van der Waals surface area contributed by atoms with Crippen molar-refractivity contribution in [2.24, 2.45) is 5.10 Å². The average Bonchev–Trinajstić information content (AvgIpc) is 2.72. The number of benzene rings is 2. The van der Waals surface area contributed by atoms with Gasteiger partial charge in [0.05, 0.1) is 17.8 Å². The molecule has 0 spiro atoms. The van der Waals surface area contributed by atoms with E-state index in [2.05, 4.69) is 51.5 Å². The summed E-state index contributed by atoms with van der Waals surface area (Å²) in [7, 11) is 0. The van der Waals surface area contributed by atoms with Gasteiger partial charge in [-0.15, -0.1) is 0 Å². The highest BCUT2D eigenvalue weighted by molar-refractivity contribution is 6.41.